The summed E-state index contributed by atoms with van der Waals surface area (Å²) in [5.74, 6) is -0.534. The van der Waals surface area contributed by atoms with Gasteiger partial charge in [0.15, 0.2) is 5.16 Å². The van der Waals surface area contributed by atoms with Crippen LogP contribution in [0.5, 0.6) is 0 Å². The predicted octanol–water partition coefficient (Wildman–Crippen LogP) is 2.51. The van der Waals surface area contributed by atoms with Crippen LogP contribution in [0.15, 0.2) is 53.5 Å². The number of hydrogen-bond acceptors (Lipinski definition) is 7. The first-order chi connectivity index (χ1) is 15.0. The maximum atomic E-state index is 13.1. The number of nitrogens with zero attached hydrogens (tertiary/aromatic N) is 3. The zero-order valence-electron chi connectivity index (χ0n) is 17.8. The number of fused-ring (bicyclic) bond motifs is 1. The summed E-state index contributed by atoms with van der Waals surface area (Å²) in [6, 6.07) is 4.63. The summed E-state index contributed by atoms with van der Waals surface area (Å²) >= 11 is 1.18. The Kier molecular flexibility index (Phi) is 9.48. The molecule has 0 spiro atoms. The Morgan fingerprint density at radius 1 is 1.23 bits per heavy atom. The normalized spacial score (nSPS) is 10.6. The van der Waals surface area contributed by atoms with Crippen molar-refractivity contribution in [2.24, 2.45) is 0 Å². The van der Waals surface area contributed by atoms with Gasteiger partial charge >= 0.3 is 5.97 Å². The van der Waals surface area contributed by atoms with Crippen molar-refractivity contribution in [2.45, 2.75) is 18.1 Å². The molecule has 0 saturated heterocycles. The van der Waals surface area contributed by atoms with E-state index in [1.165, 1.54) is 31.0 Å². The molecule has 2 rings (SSSR count). The van der Waals surface area contributed by atoms with Crippen LogP contribution in [0.3, 0.4) is 0 Å². The number of thioether (sulfide) groups is 1. The van der Waals surface area contributed by atoms with Gasteiger partial charge in [-0.1, -0.05) is 23.9 Å². The van der Waals surface area contributed by atoms with Crippen LogP contribution in [-0.4, -0.2) is 66.0 Å². The zero-order chi connectivity index (χ0) is 22.8. The van der Waals surface area contributed by atoms with Gasteiger partial charge in [0.25, 0.3) is 5.56 Å². The summed E-state index contributed by atoms with van der Waals surface area (Å²) in [5, 5.41) is 0.793. The van der Waals surface area contributed by atoms with E-state index in [9.17, 15) is 14.4 Å². The highest BCUT2D eigenvalue weighted by Crippen LogP contribution is 2.20. The molecule has 1 aromatic carbocycles. The van der Waals surface area contributed by atoms with E-state index in [2.05, 4.69) is 18.1 Å². The van der Waals surface area contributed by atoms with Gasteiger partial charge in [-0.2, -0.15) is 0 Å². The van der Waals surface area contributed by atoms with E-state index in [1.807, 2.05) is 0 Å². The highest BCUT2D eigenvalue weighted by Gasteiger charge is 2.17. The highest BCUT2D eigenvalue weighted by atomic mass is 32.2. The summed E-state index contributed by atoms with van der Waals surface area (Å²) in [5.41, 5.74) is 0.440. The van der Waals surface area contributed by atoms with E-state index in [0.717, 1.165) is 0 Å². The molecular formula is C22H27N3O5S. The van der Waals surface area contributed by atoms with Gasteiger partial charge in [-0.05, 0) is 24.6 Å². The molecule has 0 aliphatic carbocycles. The van der Waals surface area contributed by atoms with Crippen molar-refractivity contribution in [3.8, 4) is 0 Å². The molecule has 0 N–H and O–H groups in total. The Bertz CT molecular complexity index is 1010. The van der Waals surface area contributed by atoms with Crippen molar-refractivity contribution in [2.75, 3.05) is 39.7 Å². The summed E-state index contributed by atoms with van der Waals surface area (Å²) in [4.78, 5) is 43.8. The third kappa shape index (κ3) is 6.28. The second kappa shape index (κ2) is 12.1. The number of rotatable bonds is 12. The zero-order valence-corrected chi connectivity index (χ0v) is 18.7. The molecule has 8 nitrogen and oxygen atoms in total. The average Bonchev–Trinajstić information content (AvgIpc) is 2.78. The number of benzene rings is 1. The van der Waals surface area contributed by atoms with Gasteiger partial charge in [-0.3, -0.25) is 14.2 Å². The van der Waals surface area contributed by atoms with Gasteiger partial charge in [0.2, 0.25) is 5.91 Å². The number of amides is 1. The van der Waals surface area contributed by atoms with Gasteiger partial charge in [-0.25, -0.2) is 9.78 Å². The summed E-state index contributed by atoms with van der Waals surface area (Å²) < 4.78 is 11.4. The quantitative estimate of drug-likeness (QED) is 0.163. The molecule has 1 aromatic heterocycles. The number of methoxy groups -OCH3 is 2. The number of carbonyl (C=O) groups excluding carboxylic acids is 2. The van der Waals surface area contributed by atoms with E-state index < -0.39 is 5.97 Å². The molecule has 0 atom stereocenters. The Morgan fingerprint density at radius 3 is 2.55 bits per heavy atom. The topological polar surface area (TPSA) is 90.7 Å². The highest BCUT2D eigenvalue weighted by molar-refractivity contribution is 7.99. The minimum absolute atomic E-state index is 0.0978. The maximum Gasteiger partial charge on any atom is 0.337 e. The van der Waals surface area contributed by atoms with Crippen LogP contribution in [0.1, 0.15) is 16.8 Å². The van der Waals surface area contributed by atoms with Crippen molar-refractivity contribution < 1.29 is 19.1 Å². The van der Waals surface area contributed by atoms with Crippen LogP contribution >= 0.6 is 11.8 Å². The van der Waals surface area contributed by atoms with Gasteiger partial charge in [0.05, 0.1) is 29.3 Å². The Balaban J connectivity index is 2.42. The van der Waals surface area contributed by atoms with Crippen LogP contribution in [0.25, 0.3) is 10.9 Å². The lowest BCUT2D eigenvalue weighted by atomic mass is 10.1. The molecule has 1 heterocycles. The molecule has 9 heteroatoms. The second-order valence-corrected chi connectivity index (χ2v) is 7.53. The maximum absolute atomic E-state index is 13.1. The minimum Gasteiger partial charge on any atom is -0.465 e. The van der Waals surface area contributed by atoms with E-state index in [-0.39, 0.29) is 17.2 Å². The first-order valence-electron chi connectivity index (χ1n) is 9.71. The van der Waals surface area contributed by atoms with Crippen LogP contribution in [-0.2, 0) is 20.8 Å². The van der Waals surface area contributed by atoms with Gasteiger partial charge in [-0.15, -0.1) is 13.2 Å². The number of aromatic nitrogens is 2. The Morgan fingerprint density at radius 2 is 1.94 bits per heavy atom. The van der Waals surface area contributed by atoms with E-state index in [4.69, 9.17) is 9.47 Å². The monoisotopic (exact) mass is 445 g/mol. The summed E-state index contributed by atoms with van der Waals surface area (Å²) in [6.07, 6.45) is 3.91. The third-order valence-corrected chi connectivity index (χ3v) is 5.41. The number of carbonyl (C=O) groups is 2. The van der Waals surface area contributed by atoms with Crippen LogP contribution in [0.2, 0.25) is 0 Å². The fraction of sp³-hybridized carbons (Fsp3) is 0.364. The van der Waals surface area contributed by atoms with Gasteiger partial charge in [0.1, 0.15) is 0 Å². The molecule has 0 saturated carbocycles. The van der Waals surface area contributed by atoms with E-state index in [0.29, 0.717) is 54.3 Å². The number of hydrogen-bond donors (Lipinski definition) is 0. The summed E-state index contributed by atoms with van der Waals surface area (Å²) in [6.45, 7) is 9.03. The first kappa shape index (κ1) is 24.4. The van der Waals surface area contributed by atoms with Crippen LogP contribution in [0.4, 0.5) is 0 Å². The molecule has 166 valence electrons. The predicted molar refractivity (Wildman–Crippen MR) is 122 cm³/mol. The third-order valence-electron chi connectivity index (χ3n) is 4.45. The van der Waals surface area contributed by atoms with Crippen LogP contribution < -0.4 is 5.56 Å². The first-order valence-corrected chi connectivity index (χ1v) is 10.7. The molecule has 1 amide bonds. The second-order valence-electron chi connectivity index (χ2n) is 6.59. The Labute approximate surface area is 185 Å². The minimum atomic E-state index is -0.512. The molecular weight excluding hydrogens is 418 g/mol. The van der Waals surface area contributed by atoms with E-state index in [1.54, 1.807) is 34.8 Å². The molecule has 0 aliphatic heterocycles. The lowest BCUT2D eigenvalue weighted by Crippen LogP contribution is -2.33. The molecule has 0 unspecified atom stereocenters. The van der Waals surface area contributed by atoms with Crippen molar-refractivity contribution >= 4 is 34.5 Å². The van der Waals surface area contributed by atoms with E-state index >= 15 is 0 Å². The largest absolute Gasteiger partial charge is 0.465 e. The van der Waals surface area contributed by atoms with Crippen molar-refractivity contribution in [3.05, 3.63) is 59.4 Å². The smallest absolute Gasteiger partial charge is 0.337 e. The molecule has 0 radical (unpaired) electrons. The van der Waals surface area contributed by atoms with Crippen molar-refractivity contribution in [1.82, 2.24) is 14.5 Å². The van der Waals surface area contributed by atoms with Crippen molar-refractivity contribution in [1.29, 1.82) is 0 Å². The molecule has 0 fully saturated rings. The van der Waals surface area contributed by atoms with Gasteiger partial charge in [0, 0.05) is 33.4 Å². The van der Waals surface area contributed by atoms with Crippen LogP contribution in [0, 0.1) is 0 Å². The summed E-state index contributed by atoms with van der Waals surface area (Å²) in [7, 11) is 2.89. The fourth-order valence-electron chi connectivity index (χ4n) is 2.93. The molecule has 0 aliphatic rings. The standard InChI is InChI=1S/C22H27N3O5S/c1-5-10-24(11-6-2)19(26)15-31-22-23-18-14-16(21(28)30-4)8-9-17(18)20(27)25(22)12-7-13-29-3/h5-6,8-9,14H,1-2,7,10-13,15H2,3-4H3. The van der Waals surface area contributed by atoms with Gasteiger partial charge < -0.3 is 14.4 Å². The SMILES string of the molecule is C=CCN(CC=C)C(=O)CSc1nc2cc(C(=O)OC)ccc2c(=O)n1CCCOC. The lowest BCUT2D eigenvalue weighted by Gasteiger charge is -2.19. The Hall–Kier alpha value is -2.91. The molecule has 2 aromatic rings. The molecule has 0 bridgehead atoms. The molecule has 31 heavy (non-hydrogen) atoms. The average molecular weight is 446 g/mol. The number of ether oxygens (including phenoxy) is 2. The lowest BCUT2D eigenvalue weighted by molar-refractivity contribution is -0.127. The number of esters is 1. The fourth-order valence-corrected chi connectivity index (χ4v) is 3.86. The van der Waals surface area contributed by atoms with Crippen molar-refractivity contribution in [3.63, 3.8) is 0 Å².